The Morgan fingerprint density at radius 2 is 1.85 bits per heavy atom. The van der Waals surface area contributed by atoms with Crippen molar-refractivity contribution in [1.29, 1.82) is 0 Å². The number of pyridine rings is 3. The van der Waals surface area contributed by atoms with Crippen molar-refractivity contribution in [3.63, 3.8) is 0 Å². The largest absolute Gasteiger partial charge is 0.268 e. The van der Waals surface area contributed by atoms with Gasteiger partial charge in [-0.15, -0.1) is 0 Å². The van der Waals surface area contributed by atoms with Crippen molar-refractivity contribution in [1.82, 2.24) is 14.5 Å². The molecule has 0 fully saturated rings. The molecule has 102 valence electrons. The maximum atomic E-state index is 12.3. The van der Waals surface area contributed by atoms with Gasteiger partial charge in [0.25, 0.3) is 5.56 Å². The van der Waals surface area contributed by atoms with Gasteiger partial charge in [0.2, 0.25) is 0 Å². The lowest BCUT2D eigenvalue weighted by Gasteiger charge is -2.06. The second-order valence-corrected chi connectivity index (χ2v) is 4.12. The zero-order valence-corrected chi connectivity index (χ0v) is 11.9. The SMILES string of the molecule is CC.Cc1ccnc(-n2ccc3ncccc3c2=O)c1. The molecule has 0 atom stereocenters. The normalized spacial score (nSPS) is 9.95. The molecule has 20 heavy (non-hydrogen) atoms. The van der Waals surface area contributed by atoms with E-state index in [1.807, 2.05) is 39.0 Å². The lowest BCUT2D eigenvalue weighted by atomic mass is 10.2. The standard InChI is InChI=1S/C14H11N3O.C2H6/c1-10-4-7-16-13(9-10)17-8-5-12-11(14(17)18)3-2-6-15-12;1-2/h2-9H,1H3;1-2H3. The summed E-state index contributed by atoms with van der Waals surface area (Å²) in [6, 6.07) is 9.14. The maximum absolute atomic E-state index is 12.3. The summed E-state index contributed by atoms with van der Waals surface area (Å²) < 4.78 is 1.54. The molecular weight excluding hydrogens is 250 g/mol. The summed E-state index contributed by atoms with van der Waals surface area (Å²) in [4.78, 5) is 20.7. The molecule has 0 radical (unpaired) electrons. The lowest BCUT2D eigenvalue weighted by Crippen LogP contribution is -2.18. The van der Waals surface area contributed by atoms with Gasteiger partial charge >= 0.3 is 0 Å². The van der Waals surface area contributed by atoms with Gasteiger partial charge in [0, 0.05) is 18.6 Å². The Morgan fingerprint density at radius 3 is 2.60 bits per heavy atom. The van der Waals surface area contributed by atoms with Crippen LogP contribution in [-0.2, 0) is 0 Å². The van der Waals surface area contributed by atoms with Gasteiger partial charge in [-0.05, 0) is 42.8 Å². The van der Waals surface area contributed by atoms with E-state index >= 15 is 0 Å². The summed E-state index contributed by atoms with van der Waals surface area (Å²) in [6.45, 7) is 5.97. The van der Waals surface area contributed by atoms with Gasteiger partial charge in [0.05, 0.1) is 10.9 Å². The fourth-order valence-corrected chi connectivity index (χ4v) is 1.91. The van der Waals surface area contributed by atoms with Gasteiger partial charge in [-0.3, -0.25) is 14.3 Å². The summed E-state index contributed by atoms with van der Waals surface area (Å²) in [6.07, 6.45) is 5.08. The highest BCUT2D eigenvalue weighted by Crippen LogP contribution is 2.09. The average molecular weight is 267 g/mol. The highest BCUT2D eigenvalue weighted by molar-refractivity contribution is 5.77. The second kappa shape index (κ2) is 6.10. The quantitative estimate of drug-likeness (QED) is 0.680. The molecule has 0 aliphatic carbocycles. The molecule has 3 aromatic heterocycles. The van der Waals surface area contributed by atoms with Crippen LogP contribution in [0.25, 0.3) is 16.7 Å². The van der Waals surface area contributed by atoms with Crippen LogP contribution < -0.4 is 5.56 Å². The molecule has 3 rings (SSSR count). The van der Waals surface area contributed by atoms with E-state index in [-0.39, 0.29) is 5.56 Å². The minimum Gasteiger partial charge on any atom is -0.268 e. The van der Waals surface area contributed by atoms with E-state index in [1.54, 1.807) is 30.7 Å². The van der Waals surface area contributed by atoms with Crippen LogP contribution in [0.5, 0.6) is 0 Å². The van der Waals surface area contributed by atoms with Crippen molar-refractivity contribution >= 4 is 10.9 Å². The fraction of sp³-hybridized carbons (Fsp3) is 0.188. The predicted molar refractivity (Wildman–Crippen MR) is 81.2 cm³/mol. The number of hydrogen-bond acceptors (Lipinski definition) is 3. The van der Waals surface area contributed by atoms with E-state index in [0.717, 1.165) is 5.56 Å². The van der Waals surface area contributed by atoms with Crippen molar-refractivity contribution < 1.29 is 0 Å². The summed E-state index contributed by atoms with van der Waals surface area (Å²) in [5.41, 5.74) is 1.67. The summed E-state index contributed by atoms with van der Waals surface area (Å²) in [5.74, 6) is 0.630. The fourth-order valence-electron chi connectivity index (χ4n) is 1.91. The van der Waals surface area contributed by atoms with E-state index < -0.39 is 0 Å². The van der Waals surface area contributed by atoms with Crippen molar-refractivity contribution in [2.45, 2.75) is 20.8 Å². The third-order valence-electron chi connectivity index (χ3n) is 2.82. The Hall–Kier alpha value is -2.49. The van der Waals surface area contributed by atoms with Gasteiger partial charge in [0.1, 0.15) is 5.82 Å². The van der Waals surface area contributed by atoms with Crippen LogP contribution in [0, 0.1) is 6.92 Å². The summed E-state index contributed by atoms with van der Waals surface area (Å²) in [7, 11) is 0. The summed E-state index contributed by atoms with van der Waals surface area (Å²) in [5, 5.41) is 0.600. The monoisotopic (exact) mass is 267 g/mol. The highest BCUT2D eigenvalue weighted by Gasteiger charge is 2.05. The number of nitrogens with zero attached hydrogens (tertiary/aromatic N) is 3. The van der Waals surface area contributed by atoms with Crippen LogP contribution in [0.15, 0.2) is 53.7 Å². The van der Waals surface area contributed by atoms with Crippen LogP contribution in [0.1, 0.15) is 19.4 Å². The minimum absolute atomic E-state index is 0.0984. The van der Waals surface area contributed by atoms with Crippen molar-refractivity contribution in [2.75, 3.05) is 0 Å². The first-order valence-electron chi connectivity index (χ1n) is 6.65. The number of rotatable bonds is 1. The third-order valence-corrected chi connectivity index (χ3v) is 2.82. The van der Waals surface area contributed by atoms with Crippen LogP contribution in [0.4, 0.5) is 0 Å². The molecular formula is C16H17N3O. The molecule has 4 nitrogen and oxygen atoms in total. The Morgan fingerprint density at radius 1 is 1.05 bits per heavy atom. The molecule has 0 saturated heterocycles. The van der Waals surface area contributed by atoms with Gasteiger partial charge in [-0.2, -0.15) is 0 Å². The van der Waals surface area contributed by atoms with Crippen LogP contribution in [-0.4, -0.2) is 14.5 Å². The molecule has 3 heterocycles. The first-order valence-corrected chi connectivity index (χ1v) is 6.65. The summed E-state index contributed by atoms with van der Waals surface area (Å²) >= 11 is 0. The molecule has 0 spiro atoms. The highest BCUT2D eigenvalue weighted by atomic mass is 16.1. The zero-order valence-electron chi connectivity index (χ0n) is 11.9. The first kappa shape index (κ1) is 13.9. The molecule has 0 saturated carbocycles. The van der Waals surface area contributed by atoms with Gasteiger partial charge < -0.3 is 0 Å². The number of aryl methyl sites for hydroxylation is 1. The van der Waals surface area contributed by atoms with Crippen LogP contribution >= 0.6 is 0 Å². The van der Waals surface area contributed by atoms with Crippen molar-refractivity contribution in [3.05, 3.63) is 64.8 Å². The Bertz CT molecular complexity index is 778. The Kier molecular flexibility index (Phi) is 4.25. The predicted octanol–water partition coefficient (Wildman–Crippen LogP) is 3.12. The molecule has 0 amide bonds. The maximum Gasteiger partial charge on any atom is 0.265 e. The molecule has 0 bridgehead atoms. The molecule has 4 heteroatoms. The van der Waals surface area contributed by atoms with Crippen molar-refractivity contribution in [2.24, 2.45) is 0 Å². The average Bonchev–Trinajstić information content (AvgIpc) is 2.50. The zero-order chi connectivity index (χ0) is 14.5. The molecule has 3 aromatic rings. The van der Waals surface area contributed by atoms with Gasteiger partial charge in [-0.1, -0.05) is 13.8 Å². The second-order valence-electron chi connectivity index (χ2n) is 4.12. The molecule has 0 aliphatic rings. The van der Waals surface area contributed by atoms with E-state index in [2.05, 4.69) is 9.97 Å². The van der Waals surface area contributed by atoms with E-state index in [1.165, 1.54) is 4.57 Å². The number of hydrogen-bond donors (Lipinski definition) is 0. The molecule has 0 aromatic carbocycles. The van der Waals surface area contributed by atoms with E-state index in [0.29, 0.717) is 16.7 Å². The first-order chi connectivity index (χ1) is 9.75. The minimum atomic E-state index is -0.0984. The topological polar surface area (TPSA) is 47.8 Å². The third kappa shape index (κ3) is 2.59. The number of aromatic nitrogens is 3. The molecule has 0 unspecified atom stereocenters. The molecule has 0 N–H and O–H groups in total. The van der Waals surface area contributed by atoms with Gasteiger partial charge in [0.15, 0.2) is 0 Å². The van der Waals surface area contributed by atoms with Crippen LogP contribution in [0.2, 0.25) is 0 Å². The number of fused-ring (bicyclic) bond motifs is 1. The Balaban J connectivity index is 0.000000704. The van der Waals surface area contributed by atoms with Crippen LogP contribution in [0.3, 0.4) is 0 Å². The lowest BCUT2D eigenvalue weighted by molar-refractivity contribution is 0.949. The van der Waals surface area contributed by atoms with Gasteiger partial charge in [-0.25, -0.2) is 4.98 Å². The molecule has 0 aliphatic heterocycles. The van der Waals surface area contributed by atoms with Crippen molar-refractivity contribution in [3.8, 4) is 5.82 Å². The smallest absolute Gasteiger partial charge is 0.265 e. The Labute approximate surface area is 117 Å². The van der Waals surface area contributed by atoms with E-state index in [4.69, 9.17) is 0 Å². The van der Waals surface area contributed by atoms with E-state index in [9.17, 15) is 4.79 Å².